The van der Waals surface area contributed by atoms with Crippen LogP contribution in [0.1, 0.15) is 12.8 Å². The van der Waals surface area contributed by atoms with E-state index in [4.69, 9.17) is 10.5 Å². The van der Waals surface area contributed by atoms with Gasteiger partial charge in [-0.2, -0.15) is 0 Å². The fourth-order valence-electron chi connectivity index (χ4n) is 2.04. The first-order chi connectivity index (χ1) is 9.10. The van der Waals surface area contributed by atoms with E-state index in [0.717, 1.165) is 24.3 Å². The fraction of sp³-hybridized carbons (Fsp3) is 0.538. The quantitative estimate of drug-likeness (QED) is 0.869. The summed E-state index contributed by atoms with van der Waals surface area (Å²) in [5.74, 6) is 0.678. The van der Waals surface area contributed by atoms with Crippen LogP contribution in [-0.2, 0) is 9.53 Å². The van der Waals surface area contributed by atoms with Crippen molar-refractivity contribution >= 4 is 42.2 Å². The topological polar surface area (TPSA) is 80.5 Å². The molecule has 0 saturated carbocycles. The molecule has 3 N–H and O–H groups in total. The average Bonchev–Trinajstić information content (AvgIpc) is 2.88. The molecule has 1 aliphatic heterocycles. The largest absolute Gasteiger partial charge is 0.364 e. The van der Waals surface area contributed by atoms with Crippen LogP contribution in [0.5, 0.6) is 0 Å². The number of ether oxygens (including phenoxy) is 1. The second-order valence-electron chi connectivity index (χ2n) is 4.85. The van der Waals surface area contributed by atoms with Gasteiger partial charge in [0.15, 0.2) is 0 Å². The predicted molar refractivity (Wildman–Crippen MR) is 88.6 cm³/mol. The second kappa shape index (κ2) is 9.04. The van der Waals surface area contributed by atoms with Crippen molar-refractivity contribution in [3.63, 3.8) is 0 Å². The van der Waals surface area contributed by atoms with E-state index >= 15 is 0 Å². The maximum atomic E-state index is 12.0. The van der Waals surface area contributed by atoms with E-state index in [0.29, 0.717) is 6.54 Å². The number of nitrogens with two attached hydrogens (primary N) is 1. The predicted octanol–water partition coefficient (Wildman–Crippen LogP) is 1.44. The lowest BCUT2D eigenvalue weighted by Gasteiger charge is -2.15. The minimum absolute atomic E-state index is 0. The maximum Gasteiger partial charge on any atom is 0.253 e. The lowest BCUT2D eigenvalue weighted by molar-refractivity contribution is -0.126. The van der Waals surface area contributed by atoms with Gasteiger partial charge in [-0.15, -0.1) is 24.8 Å². The molecule has 0 aromatic carbocycles. The second-order valence-corrected chi connectivity index (χ2v) is 4.85. The number of amides is 1. The summed E-state index contributed by atoms with van der Waals surface area (Å²) < 4.78 is 5.56. The molecule has 6 nitrogen and oxygen atoms in total. The number of rotatable bonds is 4. The molecule has 120 valence electrons. The summed E-state index contributed by atoms with van der Waals surface area (Å²) in [7, 11) is 3.81. The van der Waals surface area contributed by atoms with E-state index < -0.39 is 6.10 Å². The summed E-state index contributed by atoms with van der Waals surface area (Å²) >= 11 is 0. The zero-order valence-electron chi connectivity index (χ0n) is 12.1. The van der Waals surface area contributed by atoms with Crippen LogP contribution in [0.2, 0.25) is 0 Å². The van der Waals surface area contributed by atoms with E-state index in [-0.39, 0.29) is 36.8 Å². The van der Waals surface area contributed by atoms with E-state index in [1.165, 1.54) is 0 Å². The number of nitrogens with zero attached hydrogens (tertiary/aromatic N) is 2. The van der Waals surface area contributed by atoms with E-state index in [1.807, 2.05) is 25.1 Å². The van der Waals surface area contributed by atoms with Crippen LogP contribution in [0.25, 0.3) is 0 Å². The first kappa shape index (κ1) is 19.9. The molecule has 0 aliphatic carbocycles. The van der Waals surface area contributed by atoms with Crippen LogP contribution >= 0.6 is 24.8 Å². The van der Waals surface area contributed by atoms with Crippen LogP contribution in [-0.4, -0.2) is 43.7 Å². The van der Waals surface area contributed by atoms with Gasteiger partial charge in [0.1, 0.15) is 11.9 Å². The van der Waals surface area contributed by atoms with Gasteiger partial charge < -0.3 is 20.7 Å². The third-order valence-electron chi connectivity index (χ3n) is 3.13. The number of halogens is 2. The molecule has 0 bridgehead atoms. The molecule has 1 aromatic heterocycles. The average molecular weight is 337 g/mol. The number of hydrogen-bond donors (Lipinski definition) is 2. The summed E-state index contributed by atoms with van der Waals surface area (Å²) in [5, 5.41) is 2.85. The van der Waals surface area contributed by atoms with Crippen molar-refractivity contribution in [2.24, 2.45) is 5.73 Å². The Labute approximate surface area is 137 Å². The van der Waals surface area contributed by atoms with Crippen molar-refractivity contribution in [3.8, 4) is 0 Å². The Kier molecular flexibility index (Phi) is 8.58. The lowest BCUT2D eigenvalue weighted by Crippen LogP contribution is -2.29. The summed E-state index contributed by atoms with van der Waals surface area (Å²) in [5.41, 5.74) is 6.26. The summed E-state index contributed by atoms with van der Waals surface area (Å²) in [6.07, 6.45) is 2.84. The molecule has 2 atom stereocenters. The van der Waals surface area contributed by atoms with Crippen LogP contribution in [0, 0.1) is 0 Å². The highest BCUT2D eigenvalue weighted by atomic mass is 35.5. The van der Waals surface area contributed by atoms with Gasteiger partial charge in [-0.25, -0.2) is 4.98 Å². The van der Waals surface area contributed by atoms with Crippen LogP contribution < -0.4 is 16.0 Å². The summed E-state index contributed by atoms with van der Waals surface area (Å²) in [4.78, 5) is 18.1. The number of pyridine rings is 1. The number of nitrogens with one attached hydrogen (secondary N) is 1. The number of aromatic nitrogens is 1. The maximum absolute atomic E-state index is 12.0. The van der Waals surface area contributed by atoms with Gasteiger partial charge in [-0.1, -0.05) is 0 Å². The van der Waals surface area contributed by atoms with Crippen molar-refractivity contribution in [1.29, 1.82) is 0 Å². The molecule has 2 rings (SSSR count). The molecule has 1 saturated heterocycles. The monoisotopic (exact) mass is 336 g/mol. The third-order valence-corrected chi connectivity index (χ3v) is 3.13. The SMILES string of the molecule is CN(C)c1cc(NC(=O)[C@@H]2CC[C@H](CN)O2)ccn1.Cl.Cl. The minimum atomic E-state index is -0.399. The van der Waals surface area contributed by atoms with Crippen molar-refractivity contribution in [1.82, 2.24) is 4.98 Å². The van der Waals surface area contributed by atoms with Gasteiger partial charge in [0.25, 0.3) is 5.91 Å². The first-order valence-corrected chi connectivity index (χ1v) is 6.40. The Morgan fingerprint density at radius 2 is 2.19 bits per heavy atom. The number of carbonyl (C=O) groups is 1. The van der Waals surface area contributed by atoms with Crippen molar-refractivity contribution < 1.29 is 9.53 Å². The number of hydrogen-bond acceptors (Lipinski definition) is 5. The highest BCUT2D eigenvalue weighted by molar-refractivity contribution is 5.94. The molecule has 1 aliphatic rings. The zero-order valence-corrected chi connectivity index (χ0v) is 13.7. The molecule has 8 heteroatoms. The molecule has 1 amide bonds. The van der Waals surface area contributed by atoms with E-state index in [1.54, 1.807) is 12.3 Å². The Balaban J connectivity index is 0.00000200. The zero-order chi connectivity index (χ0) is 13.8. The van der Waals surface area contributed by atoms with Crippen LogP contribution in [0.4, 0.5) is 11.5 Å². The number of anilines is 2. The third kappa shape index (κ3) is 5.32. The molecular formula is C13H22Cl2N4O2. The normalized spacial score (nSPS) is 20.1. The highest BCUT2D eigenvalue weighted by Crippen LogP contribution is 2.21. The molecule has 0 radical (unpaired) electrons. The van der Waals surface area contributed by atoms with Gasteiger partial charge in [0.2, 0.25) is 0 Å². The Hall–Kier alpha value is -1.08. The van der Waals surface area contributed by atoms with Crippen LogP contribution in [0.3, 0.4) is 0 Å². The Morgan fingerprint density at radius 1 is 1.48 bits per heavy atom. The standard InChI is InChI=1S/C13H20N4O2.2ClH/c1-17(2)12-7-9(5-6-15-12)16-13(18)11-4-3-10(8-14)19-11;;/h5-7,10-11H,3-4,8,14H2,1-2H3,(H,15,16,18);2*1H/t10-,11+;;/m1../s1. The van der Waals surface area contributed by atoms with Crippen molar-refractivity contribution in [3.05, 3.63) is 18.3 Å². The van der Waals surface area contributed by atoms with Gasteiger partial charge in [-0.3, -0.25) is 4.79 Å². The van der Waals surface area contributed by atoms with E-state index in [9.17, 15) is 4.79 Å². The Bertz CT molecular complexity index is 460. The van der Waals surface area contributed by atoms with Gasteiger partial charge in [-0.05, 0) is 18.9 Å². The van der Waals surface area contributed by atoms with Gasteiger partial charge in [0, 0.05) is 38.6 Å². The Morgan fingerprint density at radius 3 is 2.76 bits per heavy atom. The molecule has 1 aromatic rings. The van der Waals surface area contributed by atoms with E-state index in [2.05, 4.69) is 10.3 Å². The van der Waals surface area contributed by atoms with Crippen molar-refractivity contribution in [2.75, 3.05) is 30.9 Å². The van der Waals surface area contributed by atoms with Crippen LogP contribution in [0.15, 0.2) is 18.3 Å². The van der Waals surface area contributed by atoms with Gasteiger partial charge in [0.05, 0.1) is 6.10 Å². The summed E-state index contributed by atoms with van der Waals surface area (Å²) in [6, 6.07) is 3.59. The van der Waals surface area contributed by atoms with Crippen molar-refractivity contribution in [2.45, 2.75) is 25.0 Å². The minimum Gasteiger partial charge on any atom is -0.364 e. The fourth-order valence-corrected chi connectivity index (χ4v) is 2.04. The molecule has 0 unspecified atom stereocenters. The highest BCUT2D eigenvalue weighted by Gasteiger charge is 2.29. The molecular weight excluding hydrogens is 315 g/mol. The molecule has 1 fully saturated rings. The smallest absolute Gasteiger partial charge is 0.253 e. The first-order valence-electron chi connectivity index (χ1n) is 6.40. The molecule has 2 heterocycles. The summed E-state index contributed by atoms with van der Waals surface area (Å²) in [6.45, 7) is 0.462. The van der Waals surface area contributed by atoms with Gasteiger partial charge >= 0.3 is 0 Å². The molecule has 0 spiro atoms. The lowest BCUT2D eigenvalue weighted by atomic mass is 10.2. The molecule has 21 heavy (non-hydrogen) atoms. The number of carbonyl (C=O) groups excluding carboxylic acids is 1.